The van der Waals surface area contributed by atoms with Crippen LogP contribution in [-0.2, 0) is 0 Å². The number of aromatic nitrogens is 1. The number of aryl methyl sites for hydroxylation is 1. The molecule has 1 aliphatic rings. The summed E-state index contributed by atoms with van der Waals surface area (Å²) < 4.78 is 5.21. The quantitative estimate of drug-likeness (QED) is 0.915. The number of hydrogen-bond donors (Lipinski definition) is 1. The van der Waals surface area contributed by atoms with Crippen LogP contribution in [-0.4, -0.2) is 11.1 Å². The van der Waals surface area contributed by atoms with Gasteiger partial charge in [-0.25, -0.2) is 0 Å². The van der Waals surface area contributed by atoms with Crippen molar-refractivity contribution in [3.8, 4) is 0 Å². The molecule has 0 atom stereocenters. The van der Waals surface area contributed by atoms with Gasteiger partial charge in [0, 0.05) is 17.5 Å². The van der Waals surface area contributed by atoms with Gasteiger partial charge in [-0.3, -0.25) is 4.79 Å². The second kappa shape index (κ2) is 4.53. The Balaban J connectivity index is 1.78. The van der Waals surface area contributed by atoms with Gasteiger partial charge in [-0.1, -0.05) is 17.3 Å². The Bertz CT molecular complexity index is 627. The molecule has 0 unspecified atom stereocenters. The van der Waals surface area contributed by atoms with Crippen LogP contribution in [0.3, 0.4) is 0 Å². The zero-order valence-corrected chi connectivity index (χ0v) is 11.1. The first-order chi connectivity index (χ1) is 9.15. The molecule has 1 aromatic heterocycles. The average Bonchev–Trinajstić information content (AvgIpc) is 3.14. The van der Waals surface area contributed by atoms with E-state index in [1.54, 1.807) is 0 Å². The lowest BCUT2D eigenvalue weighted by Gasteiger charge is -2.07. The van der Waals surface area contributed by atoms with Crippen LogP contribution in [0.1, 0.15) is 46.0 Å². The van der Waals surface area contributed by atoms with Crippen molar-refractivity contribution >= 4 is 11.7 Å². The highest BCUT2D eigenvalue weighted by Gasteiger charge is 2.28. The highest BCUT2D eigenvalue weighted by Crippen LogP contribution is 2.40. The van der Waals surface area contributed by atoms with Gasteiger partial charge in [0.2, 0.25) is 0 Å². The van der Waals surface area contributed by atoms with E-state index in [0.717, 1.165) is 29.7 Å². The van der Waals surface area contributed by atoms with Crippen molar-refractivity contribution < 1.29 is 9.32 Å². The molecule has 1 heterocycles. The number of anilines is 1. The maximum absolute atomic E-state index is 12.2. The van der Waals surface area contributed by atoms with Crippen LogP contribution < -0.4 is 5.32 Å². The molecule has 19 heavy (non-hydrogen) atoms. The summed E-state index contributed by atoms with van der Waals surface area (Å²) in [6.45, 7) is 3.94. The highest BCUT2D eigenvalue weighted by atomic mass is 16.5. The lowest BCUT2D eigenvalue weighted by molar-refractivity contribution is 0.102. The third-order valence-electron chi connectivity index (χ3n) is 3.60. The first kappa shape index (κ1) is 12.0. The predicted molar refractivity (Wildman–Crippen MR) is 72.3 cm³/mol. The molecule has 0 aliphatic heterocycles. The Morgan fingerprint density at radius 1 is 1.37 bits per heavy atom. The number of amides is 1. The van der Waals surface area contributed by atoms with Crippen LogP contribution in [0.15, 0.2) is 28.8 Å². The van der Waals surface area contributed by atoms with Gasteiger partial charge in [-0.2, -0.15) is 0 Å². The van der Waals surface area contributed by atoms with E-state index < -0.39 is 0 Å². The van der Waals surface area contributed by atoms with Gasteiger partial charge < -0.3 is 9.84 Å². The second-order valence-electron chi connectivity index (χ2n) is 5.09. The lowest BCUT2D eigenvalue weighted by atomic mass is 10.0. The molecule has 1 amide bonds. The van der Waals surface area contributed by atoms with Crippen LogP contribution in [0.2, 0.25) is 0 Å². The standard InChI is InChI=1S/C15H16N2O2/c1-9-4-3-5-12(10(9)2)15(18)16-14-8-13(19-17-14)11-6-7-11/h3-5,8,11H,6-7H2,1-2H3,(H,16,17,18). The number of carbonyl (C=O) groups excluding carboxylic acids is 1. The number of rotatable bonds is 3. The van der Waals surface area contributed by atoms with Gasteiger partial charge in [0.15, 0.2) is 5.82 Å². The topological polar surface area (TPSA) is 55.1 Å². The molecule has 1 N–H and O–H groups in total. The molecule has 3 rings (SSSR count). The molecular weight excluding hydrogens is 240 g/mol. The van der Waals surface area contributed by atoms with Crippen LogP contribution in [0.25, 0.3) is 0 Å². The minimum Gasteiger partial charge on any atom is -0.359 e. The first-order valence-electron chi connectivity index (χ1n) is 6.49. The van der Waals surface area contributed by atoms with Crippen LogP contribution in [0.5, 0.6) is 0 Å². The molecule has 98 valence electrons. The zero-order chi connectivity index (χ0) is 13.4. The summed E-state index contributed by atoms with van der Waals surface area (Å²) in [6, 6.07) is 7.52. The van der Waals surface area contributed by atoms with Gasteiger partial charge in [0.1, 0.15) is 5.76 Å². The molecule has 0 saturated heterocycles. The van der Waals surface area contributed by atoms with Crippen molar-refractivity contribution in [2.45, 2.75) is 32.6 Å². The summed E-state index contributed by atoms with van der Waals surface area (Å²) in [7, 11) is 0. The molecule has 0 bridgehead atoms. The molecule has 1 fully saturated rings. The monoisotopic (exact) mass is 256 g/mol. The molecule has 2 aromatic rings. The van der Waals surface area contributed by atoms with E-state index in [4.69, 9.17) is 4.52 Å². The maximum Gasteiger partial charge on any atom is 0.257 e. The third-order valence-corrected chi connectivity index (χ3v) is 3.60. The number of nitrogens with one attached hydrogen (secondary N) is 1. The third kappa shape index (κ3) is 2.38. The van der Waals surface area contributed by atoms with Crippen molar-refractivity contribution in [2.24, 2.45) is 0 Å². The fourth-order valence-corrected chi connectivity index (χ4v) is 2.09. The number of nitrogens with zero attached hydrogens (tertiary/aromatic N) is 1. The van der Waals surface area contributed by atoms with Gasteiger partial charge in [0.25, 0.3) is 5.91 Å². The van der Waals surface area contributed by atoms with Gasteiger partial charge in [-0.15, -0.1) is 0 Å². The largest absolute Gasteiger partial charge is 0.359 e. The van der Waals surface area contributed by atoms with E-state index in [2.05, 4.69) is 10.5 Å². The van der Waals surface area contributed by atoms with E-state index in [1.165, 1.54) is 0 Å². The molecule has 4 heteroatoms. The van der Waals surface area contributed by atoms with Crippen molar-refractivity contribution in [3.05, 3.63) is 46.7 Å². The summed E-state index contributed by atoms with van der Waals surface area (Å²) >= 11 is 0. The van der Waals surface area contributed by atoms with Crippen LogP contribution >= 0.6 is 0 Å². The second-order valence-corrected chi connectivity index (χ2v) is 5.09. The Morgan fingerprint density at radius 3 is 2.89 bits per heavy atom. The smallest absolute Gasteiger partial charge is 0.257 e. The van der Waals surface area contributed by atoms with Crippen molar-refractivity contribution in [1.29, 1.82) is 0 Å². The fourth-order valence-electron chi connectivity index (χ4n) is 2.09. The number of hydrogen-bond acceptors (Lipinski definition) is 3. The minimum atomic E-state index is -0.142. The van der Waals surface area contributed by atoms with Crippen molar-refractivity contribution in [3.63, 3.8) is 0 Å². The minimum absolute atomic E-state index is 0.142. The van der Waals surface area contributed by atoms with E-state index >= 15 is 0 Å². The lowest BCUT2D eigenvalue weighted by Crippen LogP contribution is -2.14. The summed E-state index contributed by atoms with van der Waals surface area (Å²) in [5, 5.41) is 6.67. The Labute approximate surface area is 111 Å². The van der Waals surface area contributed by atoms with Gasteiger partial charge >= 0.3 is 0 Å². The normalized spacial score (nSPS) is 14.4. The molecular formula is C15H16N2O2. The van der Waals surface area contributed by atoms with E-state index in [9.17, 15) is 4.79 Å². The summed E-state index contributed by atoms with van der Waals surface area (Å²) in [5.74, 6) is 1.72. The summed E-state index contributed by atoms with van der Waals surface area (Å²) in [5.41, 5.74) is 2.77. The molecule has 0 spiro atoms. The molecule has 4 nitrogen and oxygen atoms in total. The Kier molecular flexibility index (Phi) is 2.85. The predicted octanol–water partition coefficient (Wildman–Crippen LogP) is 3.42. The molecule has 1 saturated carbocycles. The van der Waals surface area contributed by atoms with E-state index in [1.807, 2.05) is 38.1 Å². The van der Waals surface area contributed by atoms with Gasteiger partial charge in [0.05, 0.1) is 0 Å². The van der Waals surface area contributed by atoms with Crippen molar-refractivity contribution in [1.82, 2.24) is 5.16 Å². The first-order valence-corrected chi connectivity index (χ1v) is 6.49. The zero-order valence-electron chi connectivity index (χ0n) is 11.1. The van der Waals surface area contributed by atoms with Crippen molar-refractivity contribution in [2.75, 3.05) is 5.32 Å². The van der Waals surface area contributed by atoms with Crippen LogP contribution in [0.4, 0.5) is 5.82 Å². The van der Waals surface area contributed by atoms with E-state index in [-0.39, 0.29) is 5.91 Å². The fraction of sp³-hybridized carbons (Fsp3) is 0.333. The molecule has 0 radical (unpaired) electrons. The van der Waals surface area contributed by atoms with Gasteiger partial charge in [-0.05, 0) is 43.9 Å². The highest BCUT2D eigenvalue weighted by molar-refractivity contribution is 6.04. The Hall–Kier alpha value is -2.10. The van der Waals surface area contributed by atoms with E-state index in [0.29, 0.717) is 17.3 Å². The molecule has 1 aromatic carbocycles. The Morgan fingerprint density at radius 2 is 2.16 bits per heavy atom. The maximum atomic E-state index is 12.2. The van der Waals surface area contributed by atoms with Crippen LogP contribution in [0, 0.1) is 13.8 Å². The summed E-state index contributed by atoms with van der Waals surface area (Å²) in [4.78, 5) is 12.2. The average molecular weight is 256 g/mol. The molecule has 1 aliphatic carbocycles. The SMILES string of the molecule is Cc1cccc(C(=O)Nc2cc(C3CC3)on2)c1C. The summed E-state index contributed by atoms with van der Waals surface area (Å²) in [6.07, 6.45) is 2.30. The number of benzene rings is 1. The number of carbonyl (C=O) groups is 1.